The van der Waals surface area contributed by atoms with Crippen LogP contribution in [0.2, 0.25) is 5.02 Å². The summed E-state index contributed by atoms with van der Waals surface area (Å²) in [5.41, 5.74) is 1.76. The lowest BCUT2D eigenvalue weighted by atomic mass is 10.2. The quantitative estimate of drug-likeness (QED) is 0.896. The van der Waals surface area contributed by atoms with Crippen molar-refractivity contribution in [1.82, 2.24) is 4.98 Å². The lowest BCUT2D eigenvalue weighted by Gasteiger charge is -2.11. The van der Waals surface area contributed by atoms with E-state index in [2.05, 4.69) is 26.2 Å². The number of anilines is 1. The van der Waals surface area contributed by atoms with Crippen molar-refractivity contribution in [1.29, 1.82) is 0 Å². The molecule has 0 aliphatic carbocycles. The van der Waals surface area contributed by atoms with Crippen LogP contribution in [0.25, 0.3) is 10.9 Å². The number of nitrogens with one attached hydrogen (secondary N) is 1. The summed E-state index contributed by atoms with van der Waals surface area (Å²) in [5, 5.41) is 14.1. The topological polar surface area (TPSA) is 45.1 Å². The molecule has 0 fully saturated rings. The predicted octanol–water partition coefficient (Wildman–Crippen LogP) is 3.83. The summed E-state index contributed by atoms with van der Waals surface area (Å²) in [5.74, 6) is 0. The highest BCUT2D eigenvalue weighted by Gasteiger charge is 2.07. The van der Waals surface area contributed by atoms with Gasteiger partial charge in [0, 0.05) is 28.3 Å². The van der Waals surface area contributed by atoms with Crippen molar-refractivity contribution in [2.45, 2.75) is 19.4 Å². The first-order valence-corrected chi connectivity index (χ1v) is 6.90. The number of aliphatic hydroxyl groups excluding tert-OH is 1. The lowest BCUT2D eigenvalue weighted by Crippen LogP contribution is -2.10. The Balaban J connectivity index is 2.33. The SMILES string of the molecule is CC(O)CCNc1ccnc2c(Cl)cc(Br)cc12. The van der Waals surface area contributed by atoms with Gasteiger partial charge in [0.05, 0.1) is 16.6 Å². The minimum atomic E-state index is -0.305. The fourth-order valence-corrected chi connectivity index (χ4v) is 2.61. The molecule has 1 unspecified atom stereocenters. The first kappa shape index (κ1) is 13.6. The number of pyridine rings is 1. The molecule has 0 aliphatic rings. The minimum absolute atomic E-state index is 0.305. The molecule has 0 amide bonds. The Bertz CT molecular complexity index is 560. The summed E-state index contributed by atoms with van der Waals surface area (Å²) in [4.78, 5) is 4.28. The van der Waals surface area contributed by atoms with E-state index in [0.29, 0.717) is 18.0 Å². The fraction of sp³-hybridized carbons (Fsp3) is 0.308. The smallest absolute Gasteiger partial charge is 0.0909 e. The molecule has 0 radical (unpaired) electrons. The highest BCUT2D eigenvalue weighted by atomic mass is 79.9. The molecule has 1 aromatic heterocycles. The van der Waals surface area contributed by atoms with Gasteiger partial charge in [-0.1, -0.05) is 27.5 Å². The van der Waals surface area contributed by atoms with Gasteiger partial charge in [0.1, 0.15) is 0 Å². The summed E-state index contributed by atoms with van der Waals surface area (Å²) in [7, 11) is 0. The number of benzene rings is 1. The molecule has 0 saturated heterocycles. The first-order chi connectivity index (χ1) is 8.58. The molecular formula is C13H14BrClN2O. The number of hydrogen-bond acceptors (Lipinski definition) is 3. The maximum absolute atomic E-state index is 9.25. The Morgan fingerprint density at radius 1 is 1.50 bits per heavy atom. The number of rotatable bonds is 4. The van der Waals surface area contributed by atoms with Gasteiger partial charge in [-0.25, -0.2) is 0 Å². The summed E-state index contributed by atoms with van der Waals surface area (Å²) in [6.45, 7) is 2.49. The van der Waals surface area contributed by atoms with E-state index in [4.69, 9.17) is 11.6 Å². The van der Waals surface area contributed by atoms with Gasteiger partial charge in [-0.15, -0.1) is 0 Å². The fourth-order valence-electron chi connectivity index (χ4n) is 1.75. The maximum Gasteiger partial charge on any atom is 0.0909 e. The van der Waals surface area contributed by atoms with Crippen molar-refractivity contribution < 1.29 is 5.11 Å². The number of aromatic nitrogens is 1. The van der Waals surface area contributed by atoms with Crippen LogP contribution in [0.5, 0.6) is 0 Å². The molecule has 18 heavy (non-hydrogen) atoms. The average Bonchev–Trinajstić information content (AvgIpc) is 2.29. The van der Waals surface area contributed by atoms with Crippen LogP contribution in [0, 0.1) is 0 Å². The Kier molecular flexibility index (Phi) is 4.43. The van der Waals surface area contributed by atoms with Crippen molar-refractivity contribution in [2.24, 2.45) is 0 Å². The molecule has 96 valence electrons. The van der Waals surface area contributed by atoms with Crippen LogP contribution in [0.1, 0.15) is 13.3 Å². The molecule has 1 heterocycles. The van der Waals surface area contributed by atoms with Crippen LogP contribution in [0.15, 0.2) is 28.9 Å². The van der Waals surface area contributed by atoms with Crippen LogP contribution >= 0.6 is 27.5 Å². The standard InChI is InChI=1S/C13H14BrClN2O/c1-8(18)2-4-16-12-3-5-17-13-10(12)6-9(14)7-11(13)15/h3,5-8,18H,2,4H2,1H3,(H,16,17). The van der Waals surface area contributed by atoms with E-state index < -0.39 is 0 Å². The molecule has 1 aromatic carbocycles. The minimum Gasteiger partial charge on any atom is -0.393 e. The monoisotopic (exact) mass is 328 g/mol. The van der Waals surface area contributed by atoms with Crippen LogP contribution in [0.4, 0.5) is 5.69 Å². The molecule has 0 bridgehead atoms. The predicted molar refractivity (Wildman–Crippen MR) is 79.2 cm³/mol. The zero-order valence-electron chi connectivity index (χ0n) is 9.95. The van der Waals surface area contributed by atoms with Gasteiger partial charge in [0.2, 0.25) is 0 Å². The molecule has 3 nitrogen and oxygen atoms in total. The highest BCUT2D eigenvalue weighted by molar-refractivity contribution is 9.10. The van der Waals surface area contributed by atoms with E-state index in [1.165, 1.54) is 0 Å². The van der Waals surface area contributed by atoms with Gasteiger partial charge in [0.25, 0.3) is 0 Å². The molecular weight excluding hydrogens is 316 g/mol. The number of fused-ring (bicyclic) bond motifs is 1. The third-order valence-electron chi connectivity index (χ3n) is 2.64. The summed E-state index contributed by atoms with van der Waals surface area (Å²) in [6, 6.07) is 5.72. The Labute approximate surface area is 119 Å². The van der Waals surface area contributed by atoms with Crippen molar-refractivity contribution in [2.75, 3.05) is 11.9 Å². The molecule has 2 N–H and O–H groups in total. The molecule has 2 aromatic rings. The van der Waals surface area contributed by atoms with E-state index in [1.54, 1.807) is 13.1 Å². The summed E-state index contributed by atoms with van der Waals surface area (Å²) in [6.07, 6.45) is 2.12. The summed E-state index contributed by atoms with van der Waals surface area (Å²) >= 11 is 9.59. The van der Waals surface area contributed by atoms with Crippen molar-refractivity contribution in [3.63, 3.8) is 0 Å². The van der Waals surface area contributed by atoms with Gasteiger partial charge in [-0.05, 0) is 31.5 Å². The molecule has 5 heteroatoms. The second-order valence-corrected chi connectivity index (χ2v) is 5.53. The normalized spacial score (nSPS) is 12.7. The molecule has 0 aliphatic heterocycles. The van der Waals surface area contributed by atoms with E-state index >= 15 is 0 Å². The number of nitrogens with zero attached hydrogens (tertiary/aromatic N) is 1. The van der Waals surface area contributed by atoms with Gasteiger partial charge in [-0.2, -0.15) is 0 Å². The van der Waals surface area contributed by atoms with Gasteiger partial charge >= 0.3 is 0 Å². The highest BCUT2D eigenvalue weighted by Crippen LogP contribution is 2.30. The first-order valence-electron chi connectivity index (χ1n) is 5.73. The molecule has 1 atom stereocenters. The third kappa shape index (κ3) is 3.13. The van der Waals surface area contributed by atoms with Gasteiger partial charge in [0.15, 0.2) is 0 Å². The van der Waals surface area contributed by atoms with Crippen LogP contribution in [0.3, 0.4) is 0 Å². The van der Waals surface area contributed by atoms with Crippen molar-refractivity contribution >= 4 is 44.1 Å². The van der Waals surface area contributed by atoms with E-state index in [-0.39, 0.29) is 6.10 Å². The van der Waals surface area contributed by atoms with Crippen molar-refractivity contribution in [3.8, 4) is 0 Å². The van der Waals surface area contributed by atoms with Crippen LogP contribution < -0.4 is 5.32 Å². The third-order valence-corrected chi connectivity index (χ3v) is 3.39. The Morgan fingerprint density at radius 2 is 2.28 bits per heavy atom. The number of hydrogen-bond donors (Lipinski definition) is 2. The van der Waals surface area contributed by atoms with Crippen LogP contribution in [-0.2, 0) is 0 Å². The van der Waals surface area contributed by atoms with Crippen LogP contribution in [-0.4, -0.2) is 22.7 Å². The lowest BCUT2D eigenvalue weighted by molar-refractivity contribution is 0.189. The number of halogens is 2. The molecule has 0 saturated carbocycles. The van der Waals surface area contributed by atoms with Gasteiger partial charge < -0.3 is 10.4 Å². The van der Waals surface area contributed by atoms with E-state index in [0.717, 1.165) is 21.1 Å². The largest absolute Gasteiger partial charge is 0.393 e. The van der Waals surface area contributed by atoms with E-state index in [9.17, 15) is 5.11 Å². The zero-order chi connectivity index (χ0) is 13.1. The Morgan fingerprint density at radius 3 is 3.00 bits per heavy atom. The maximum atomic E-state index is 9.25. The van der Waals surface area contributed by atoms with Gasteiger partial charge in [-0.3, -0.25) is 4.98 Å². The van der Waals surface area contributed by atoms with E-state index in [1.807, 2.05) is 18.2 Å². The second-order valence-electron chi connectivity index (χ2n) is 4.21. The second kappa shape index (κ2) is 5.87. The van der Waals surface area contributed by atoms with Crippen molar-refractivity contribution in [3.05, 3.63) is 33.9 Å². The summed E-state index contributed by atoms with van der Waals surface area (Å²) < 4.78 is 0.923. The zero-order valence-corrected chi connectivity index (χ0v) is 12.3. The average molecular weight is 330 g/mol. The molecule has 0 spiro atoms. The Hall–Kier alpha value is -0.840. The molecule has 2 rings (SSSR count). The number of aliphatic hydroxyl groups is 1.